The first kappa shape index (κ1) is 7.47. The number of likely N-dealkylation sites (tertiary alicyclic amines) is 1. The molecule has 0 unspecified atom stereocenters. The van der Waals surface area contributed by atoms with E-state index in [0.717, 1.165) is 6.54 Å². The van der Waals surface area contributed by atoms with Gasteiger partial charge >= 0.3 is 0 Å². The molecule has 2 rings (SSSR count). The molecule has 2 aliphatic heterocycles. The van der Waals surface area contributed by atoms with Crippen molar-refractivity contribution in [3.8, 4) is 0 Å². The first-order chi connectivity index (χ1) is 5.36. The van der Waals surface area contributed by atoms with Crippen LogP contribution in [0.25, 0.3) is 0 Å². The number of aliphatic imine (C=N–C) groups is 1. The number of amidine groups is 1. The molecule has 62 valence electrons. The van der Waals surface area contributed by atoms with E-state index < -0.39 is 0 Å². The number of nitrogens with zero attached hydrogens (tertiary/aromatic N) is 2. The molecule has 2 nitrogen and oxygen atoms in total. The Morgan fingerprint density at radius 3 is 2.73 bits per heavy atom. The summed E-state index contributed by atoms with van der Waals surface area (Å²) in [6.07, 6.45) is 2.71. The third-order valence-electron chi connectivity index (χ3n) is 2.17. The van der Waals surface area contributed by atoms with Crippen molar-refractivity contribution in [2.75, 3.05) is 19.6 Å². The van der Waals surface area contributed by atoms with Crippen LogP contribution < -0.4 is 0 Å². The maximum atomic E-state index is 4.50. The van der Waals surface area contributed by atoms with E-state index in [-0.39, 0.29) is 0 Å². The van der Waals surface area contributed by atoms with Crippen LogP contribution in [0.15, 0.2) is 4.99 Å². The van der Waals surface area contributed by atoms with Gasteiger partial charge in [-0.25, -0.2) is 0 Å². The Morgan fingerprint density at radius 1 is 1.45 bits per heavy atom. The predicted molar refractivity (Wildman–Crippen MR) is 50.2 cm³/mol. The summed E-state index contributed by atoms with van der Waals surface area (Å²) < 4.78 is 0. The fourth-order valence-corrected chi connectivity index (χ4v) is 2.53. The summed E-state index contributed by atoms with van der Waals surface area (Å²) >= 11 is 1.94. The Kier molecular flexibility index (Phi) is 2.07. The van der Waals surface area contributed by atoms with E-state index in [9.17, 15) is 0 Å². The zero-order valence-corrected chi connectivity index (χ0v) is 7.73. The van der Waals surface area contributed by atoms with Crippen LogP contribution in [-0.4, -0.2) is 35.0 Å². The Balaban J connectivity index is 1.94. The molecule has 0 aromatic carbocycles. The van der Waals surface area contributed by atoms with Crippen LogP contribution in [0.3, 0.4) is 0 Å². The average molecular weight is 170 g/mol. The van der Waals surface area contributed by atoms with Crippen molar-refractivity contribution < 1.29 is 0 Å². The van der Waals surface area contributed by atoms with Crippen molar-refractivity contribution in [3.63, 3.8) is 0 Å². The van der Waals surface area contributed by atoms with Crippen LogP contribution in [0.5, 0.6) is 0 Å². The van der Waals surface area contributed by atoms with Crippen LogP contribution in [0.2, 0.25) is 0 Å². The first-order valence-electron chi connectivity index (χ1n) is 4.32. The summed E-state index contributed by atoms with van der Waals surface area (Å²) in [7, 11) is 0. The first-order valence-corrected chi connectivity index (χ1v) is 5.20. The lowest BCUT2D eigenvalue weighted by atomic mass is 10.4. The lowest BCUT2D eigenvalue weighted by Crippen LogP contribution is -2.23. The van der Waals surface area contributed by atoms with Gasteiger partial charge in [0.15, 0.2) is 5.17 Å². The number of hydrogen-bond acceptors (Lipinski definition) is 3. The van der Waals surface area contributed by atoms with E-state index in [1.807, 2.05) is 11.8 Å². The minimum atomic E-state index is 0.714. The van der Waals surface area contributed by atoms with E-state index in [1.165, 1.54) is 31.1 Å². The lowest BCUT2D eigenvalue weighted by molar-refractivity contribution is 0.530. The van der Waals surface area contributed by atoms with Crippen molar-refractivity contribution in [3.05, 3.63) is 0 Å². The molecular weight excluding hydrogens is 156 g/mol. The van der Waals surface area contributed by atoms with Gasteiger partial charge in [-0.1, -0.05) is 18.7 Å². The Labute approximate surface area is 72.1 Å². The van der Waals surface area contributed by atoms with Gasteiger partial charge in [0.25, 0.3) is 0 Å². The molecular formula is C8H14N2S. The lowest BCUT2D eigenvalue weighted by Gasteiger charge is -2.15. The van der Waals surface area contributed by atoms with Crippen molar-refractivity contribution in [1.82, 2.24) is 4.90 Å². The van der Waals surface area contributed by atoms with E-state index in [1.54, 1.807) is 0 Å². The second kappa shape index (κ2) is 3.05. The quantitative estimate of drug-likeness (QED) is 0.548. The van der Waals surface area contributed by atoms with Crippen LogP contribution in [0.4, 0.5) is 0 Å². The van der Waals surface area contributed by atoms with Gasteiger partial charge in [-0.15, -0.1) is 0 Å². The normalized spacial score (nSPS) is 31.2. The van der Waals surface area contributed by atoms with Gasteiger partial charge in [-0.3, -0.25) is 4.99 Å². The van der Waals surface area contributed by atoms with Crippen molar-refractivity contribution in [2.45, 2.75) is 25.0 Å². The highest BCUT2D eigenvalue weighted by atomic mass is 32.2. The molecule has 0 bridgehead atoms. The van der Waals surface area contributed by atoms with Crippen LogP contribution in [-0.2, 0) is 0 Å². The molecule has 1 saturated heterocycles. The van der Waals surface area contributed by atoms with Gasteiger partial charge in [-0.05, 0) is 12.8 Å². The van der Waals surface area contributed by atoms with Gasteiger partial charge in [0.1, 0.15) is 0 Å². The minimum Gasteiger partial charge on any atom is -0.351 e. The molecule has 0 aromatic heterocycles. The second-order valence-electron chi connectivity index (χ2n) is 3.25. The SMILES string of the molecule is C[C@H]1CN=C(N2CCCC2)S1. The zero-order chi connectivity index (χ0) is 7.68. The Hall–Kier alpha value is -0.180. The van der Waals surface area contributed by atoms with Gasteiger partial charge in [0, 0.05) is 18.3 Å². The highest BCUT2D eigenvalue weighted by molar-refractivity contribution is 8.14. The van der Waals surface area contributed by atoms with Gasteiger partial charge in [-0.2, -0.15) is 0 Å². The van der Waals surface area contributed by atoms with Crippen LogP contribution >= 0.6 is 11.8 Å². The molecule has 0 amide bonds. The summed E-state index contributed by atoms with van der Waals surface area (Å²) in [5, 5.41) is 2.01. The van der Waals surface area contributed by atoms with Gasteiger partial charge < -0.3 is 4.90 Å². The number of hydrogen-bond donors (Lipinski definition) is 0. The standard InChI is InChI=1S/C8H14N2S/c1-7-6-9-8(11-7)10-4-2-3-5-10/h7H,2-6H2,1H3/t7-/m0/s1. The molecule has 0 radical (unpaired) electrons. The van der Waals surface area contributed by atoms with Crippen LogP contribution in [0, 0.1) is 0 Å². The summed E-state index contributed by atoms with van der Waals surface area (Å²) in [6, 6.07) is 0. The molecule has 1 atom stereocenters. The molecule has 2 aliphatic rings. The van der Waals surface area contributed by atoms with E-state index >= 15 is 0 Å². The molecule has 0 aromatic rings. The maximum absolute atomic E-state index is 4.50. The number of rotatable bonds is 0. The van der Waals surface area contributed by atoms with E-state index in [2.05, 4.69) is 16.8 Å². The Morgan fingerprint density at radius 2 is 2.18 bits per heavy atom. The van der Waals surface area contributed by atoms with E-state index in [4.69, 9.17) is 0 Å². The molecule has 11 heavy (non-hydrogen) atoms. The average Bonchev–Trinajstić information content (AvgIpc) is 2.55. The van der Waals surface area contributed by atoms with Crippen molar-refractivity contribution >= 4 is 16.9 Å². The van der Waals surface area contributed by atoms with Gasteiger partial charge in [0.05, 0.1) is 6.54 Å². The van der Waals surface area contributed by atoms with E-state index in [0.29, 0.717) is 5.25 Å². The second-order valence-corrected chi connectivity index (χ2v) is 4.65. The third kappa shape index (κ3) is 1.53. The zero-order valence-electron chi connectivity index (χ0n) is 6.92. The molecule has 0 aliphatic carbocycles. The monoisotopic (exact) mass is 170 g/mol. The summed E-state index contributed by atoms with van der Waals surface area (Å²) in [5.74, 6) is 0. The molecule has 0 saturated carbocycles. The highest BCUT2D eigenvalue weighted by Crippen LogP contribution is 2.25. The Bertz CT molecular complexity index is 173. The smallest absolute Gasteiger partial charge is 0.159 e. The van der Waals surface area contributed by atoms with Crippen molar-refractivity contribution in [2.24, 2.45) is 4.99 Å². The molecule has 0 spiro atoms. The largest absolute Gasteiger partial charge is 0.351 e. The van der Waals surface area contributed by atoms with Crippen LogP contribution in [0.1, 0.15) is 19.8 Å². The summed E-state index contributed by atoms with van der Waals surface area (Å²) in [6.45, 7) is 5.74. The minimum absolute atomic E-state index is 0.714. The highest BCUT2D eigenvalue weighted by Gasteiger charge is 2.22. The summed E-state index contributed by atoms with van der Waals surface area (Å²) in [5.41, 5.74) is 0. The summed E-state index contributed by atoms with van der Waals surface area (Å²) in [4.78, 5) is 6.93. The maximum Gasteiger partial charge on any atom is 0.159 e. The third-order valence-corrected chi connectivity index (χ3v) is 3.32. The van der Waals surface area contributed by atoms with Gasteiger partial charge in [0.2, 0.25) is 0 Å². The molecule has 0 N–H and O–H groups in total. The molecule has 2 heterocycles. The van der Waals surface area contributed by atoms with Crippen molar-refractivity contribution in [1.29, 1.82) is 0 Å². The number of thioether (sulfide) groups is 1. The fraction of sp³-hybridized carbons (Fsp3) is 0.875. The predicted octanol–water partition coefficient (Wildman–Crippen LogP) is 1.57. The topological polar surface area (TPSA) is 15.6 Å². The fourth-order valence-electron chi connectivity index (χ4n) is 1.54. The molecule has 3 heteroatoms. The molecule has 1 fully saturated rings.